The molecule has 0 fully saturated rings. The molecule has 1 heterocycles. The molecule has 1 unspecified atom stereocenters. The highest BCUT2D eigenvalue weighted by Crippen LogP contribution is 2.15. The molecule has 0 bridgehead atoms. The van der Waals surface area contributed by atoms with Gasteiger partial charge in [0.25, 0.3) is 0 Å². The van der Waals surface area contributed by atoms with Gasteiger partial charge in [-0.05, 0) is 30.5 Å². The van der Waals surface area contributed by atoms with Gasteiger partial charge >= 0.3 is 0 Å². The fraction of sp³-hybridized carbons (Fsp3) is 0.400. The molecule has 18 heavy (non-hydrogen) atoms. The second-order valence-electron chi connectivity index (χ2n) is 4.56. The highest BCUT2D eigenvalue weighted by molar-refractivity contribution is 5.79. The van der Waals surface area contributed by atoms with Crippen LogP contribution in [0.3, 0.4) is 0 Å². The minimum absolute atomic E-state index is 0.255. The summed E-state index contributed by atoms with van der Waals surface area (Å²) in [4.78, 5) is 4.57. The Kier molecular flexibility index (Phi) is 4.53. The molecule has 96 valence electrons. The summed E-state index contributed by atoms with van der Waals surface area (Å²) >= 11 is 0. The van der Waals surface area contributed by atoms with Gasteiger partial charge in [0.2, 0.25) is 0 Å². The van der Waals surface area contributed by atoms with Crippen LogP contribution < -0.4 is 5.32 Å². The maximum atomic E-state index is 8.96. The molecule has 1 aromatic carbocycles. The number of benzene rings is 1. The second kappa shape index (κ2) is 6.36. The summed E-state index contributed by atoms with van der Waals surface area (Å²) in [6.07, 6.45) is 1.91. The first-order chi connectivity index (χ1) is 8.83. The molecule has 0 spiro atoms. The van der Waals surface area contributed by atoms with E-state index < -0.39 is 0 Å². The number of nitrogens with zero attached hydrogens (tertiary/aromatic N) is 1. The standard InChI is InChI=1S/C15H20N2O/c1-2-12(9-10-18)11-16-15-8-7-13-5-3-4-6-14(13)17-15/h3-8,12,18H,2,9-11H2,1H3,(H,16,17). The van der Waals surface area contributed by atoms with Crippen LogP contribution in [-0.2, 0) is 0 Å². The molecule has 0 aliphatic rings. The lowest BCUT2D eigenvalue weighted by Crippen LogP contribution is -2.15. The van der Waals surface area contributed by atoms with Crippen LogP contribution in [0.4, 0.5) is 5.82 Å². The van der Waals surface area contributed by atoms with Crippen molar-refractivity contribution in [2.75, 3.05) is 18.5 Å². The number of nitrogens with one attached hydrogen (secondary N) is 1. The number of hydrogen-bond acceptors (Lipinski definition) is 3. The maximum absolute atomic E-state index is 8.96. The predicted octanol–water partition coefficient (Wildman–Crippen LogP) is 3.06. The third kappa shape index (κ3) is 3.20. The van der Waals surface area contributed by atoms with E-state index in [2.05, 4.69) is 29.4 Å². The lowest BCUT2D eigenvalue weighted by molar-refractivity contribution is 0.258. The molecule has 2 aromatic rings. The molecule has 2 N–H and O–H groups in total. The number of aliphatic hydroxyl groups is 1. The Labute approximate surface area is 108 Å². The fourth-order valence-corrected chi connectivity index (χ4v) is 2.05. The van der Waals surface area contributed by atoms with E-state index in [1.54, 1.807) is 0 Å². The van der Waals surface area contributed by atoms with E-state index in [-0.39, 0.29) is 6.61 Å². The lowest BCUT2D eigenvalue weighted by atomic mass is 10.0. The Balaban J connectivity index is 2.03. The monoisotopic (exact) mass is 244 g/mol. The summed E-state index contributed by atoms with van der Waals surface area (Å²) in [6.45, 7) is 3.27. The van der Waals surface area contributed by atoms with Crippen LogP contribution in [0.25, 0.3) is 10.9 Å². The predicted molar refractivity (Wildman–Crippen MR) is 75.7 cm³/mol. The summed E-state index contributed by atoms with van der Waals surface area (Å²) in [5.41, 5.74) is 1.01. The zero-order valence-corrected chi connectivity index (χ0v) is 10.8. The van der Waals surface area contributed by atoms with Gasteiger partial charge in [-0.25, -0.2) is 4.98 Å². The average Bonchev–Trinajstić information content (AvgIpc) is 2.43. The van der Waals surface area contributed by atoms with E-state index in [1.165, 1.54) is 0 Å². The molecule has 3 nitrogen and oxygen atoms in total. The molecule has 0 aliphatic heterocycles. The molecule has 3 heteroatoms. The Morgan fingerprint density at radius 1 is 1.22 bits per heavy atom. The molecule has 1 aromatic heterocycles. The van der Waals surface area contributed by atoms with Crippen LogP contribution >= 0.6 is 0 Å². The smallest absolute Gasteiger partial charge is 0.126 e. The van der Waals surface area contributed by atoms with Gasteiger partial charge in [0.1, 0.15) is 5.82 Å². The number of fused-ring (bicyclic) bond motifs is 1. The van der Waals surface area contributed by atoms with E-state index in [4.69, 9.17) is 5.11 Å². The summed E-state index contributed by atoms with van der Waals surface area (Å²) in [5, 5.41) is 13.5. The number of para-hydroxylation sites is 1. The van der Waals surface area contributed by atoms with E-state index >= 15 is 0 Å². The molecule has 0 aliphatic carbocycles. The zero-order chi connectivity index (χ0) is 12.8. The van der Waals surface area contributed by atoms with E-state index in [1.807, 2.05) is 24.3 Å². The number of aromatic nitrogens is 1. The van der Waals surface area contributed by atoms with Crippen molar-refractivity contribution in [3.8, 4) is 0 Å². The molecular formula is C15H20N2O. The maximum Gasteiger partial charge on any atom is 0.126 e. The molecule has 0 radical (unpaired) electrons. The first-order valence-electron chi connectivity index (χ1n) is 6.54. The number of rotatable bonds is 6. The van der Waals surface area contributed by atoms with Crippen LogP contribution in [0.15, 0.2) is 36.4 Å². The summed E-state index contributed by atoms with van der Waals surface area (Å²) in [6, 6.07) is 12.2. The van der Waals surface area contributed by atoms with Gasteiger partial charge in [-0.3, -0.25) is 0 Å². The summed E-state index contributed by atoms with van der Waals surface area (Å²) < 4.78 is 0. The molecule has 0 amide bonds. The number of pyridine rings is 1. The Hall–Kier alpha value is -1.61. The Morgan fingerprint density at radius 3 is 2.83 bits per heavy atom. The number of anilines is 1. The van der Waals surface area contributed by atoms with Crippen LogP contribution in [0.2, 0.25) is 0 Å². The van der Waals surface area contributed by atoms with Gasteiger partial charge in [-0.2, -0.15) is 0 Å². The van der Waals surface area contributed by atoms with Crippen LogP contribution in [-0.4, -0.2) is 23.2 Å². The van der Waals surface area contributed by atoms with Gasteiger partial charge in [-0.15, -0.1) is 0 Å². The second-order valence-corrected chi connectivity index (χ2v) is 4.56. The zero-order valence-electron chi connectivity index (χ0n) is 10.8. The fourth-order valence-electron chi connectivity index (χ4n) is 2.05. The van der Waals surface area contributed by atoms with Crippen molar-refractivity contribution in [3.63, 3.8) is 0 Å². The largest absolute Gasteiger partial charge is 0.396 e. The molecule has 1 atom stereocenters. The number of aliphatic hydroxyl groups excluding tert-OH is 1. The third-order valence-electron chi connectivity index (χ3n) is 3.28. The van der Waals surface area contributed by atoms with Crippen molar-refractivity contribution in [1.29, 1.82) is 0 Å². The van der Waals surface area contributed by atoms with Gasteiger partial charge in [0.05, 0.1) is 5.52 Å². The first-order valence-corrected chi connectivity index (χ1v) is 6.54. The first kappa shape index (κ1) is 12.8. The number of hydrogen-bond donors (Lipinski definition) is 2. The van der Waals surface area contributed by atoms with Crippen molar-refractivity contribution in [1.82, 2.24) is 4.98 Å². The SMILES string of the molecule is CCC(CCO)CNc1ccc2ccccc2n1. The summed E-state index contributed by atoms with van der Waals surface area (Å²) in [7, 11) is 0. The minimum Gasteiger partial charge on any atom is -0.396 e. The van der Waals surface area contributed by atoms with Gasteiger partial charge in [0.15, 0.2) is 0 Å². The van der Waals surface area contributed by atoms with Crippen molar-refractivity contribution in [2.24, 2.45) is 5.92 Å². The van der Waals surface area contributed by atoms with E-state index in [9.17, 15) is 0 Å². The third-order valence-corrected chi connectivity index (χ3v) is 3.28. The average molecular weight is 244 g/mol. The van der Waals surface area contributed by atoms with Crippen molar-refractivity contribution in [3.05, 3.63) is 36.4 Å². The Bertz CT molecular complexity index is 499. The molecule has 2 rings (SSSR count). The van der Waals surface area contributed by atoms with E-state index in [0.29, 0.717) is 5.92 Å². The van der Waals surface area contributed by atoms with Gasteiger partial charge < -0.3 is 10.4 Å². The lowest BCUT2D eigenvalue weighted by Gasteiger charge is -2.14. The Morgan fingerprint density at radius 2 is 2.06 bits per heavy atom. The molecule has 0 saturated carbocycles. The van der Waals surface area contributed by atoms with Crippen molar-refractivity contribution < 1.29 is 5.11 Å². The minimum atomic E-state index is 0.255. The van der Waals surface area contributed by atoms with Crippen molar-refractivity contribution in [2.45, 2.75) is 19.8 Å². The van der Waals surface area contributed by atoms with Gasteiger partial charge in [-0.1, -0.05) is 31.5 Å². The topological polar surface area (TPSA) is 45.1 Å². The van der Waals surface area contributed by atoms with Crippen LogP contribution in [0.1, 0.15) is 19.8 Å². The highest BCUT2D eigenvalue weighted by Gasteiger charge is 2.05. The van der Waals surface area contributed by atoms with Crippen molar-refractivity contribution >= 4 is 16.7 Å². The van der Waals surface area contributed by atoms with Crippen LogP contribution in [0.5, 0.6) is 0 Å². The molecular weight excluding hydrogens is 224 g/mol. The quantitative estimate of drug-likeness (QED) is 0.821. The van der Waals surface area contributed by atoms with E-state index in [0.717, 1.165) is 36.1 Å². The molecule has 0 saturated heterocycles. The highest BCUT2D eigenvalue weighted by atomic mass is 16.3. The van der Waals surface area contributed by atoms with Crippen LogP contribution in [0, 0.1) is 5.92 Å². The summed E-state index contributed by atoms with van der Waals surface area (Å²) in [5.74, 6) is 1.41. The normalized spacial score (nSPS) is 12.6. The van der Waals surface area contributed by atoms with Gasteiger partial charge in [0, 0.05) is 18.5 Å².